The molecule has 0 saturated heterocycles. The lowest BCUT2D eigenvalue weighted by molar-refractivity contribution is 0.0944. The highest BCUT2D eigenvalue weighted by molar-refractivity contribution is 5.93. The van der Waals surface area contributed by atoms with Crippen LogP contribution in [-0.4, -0.2) is 22.4 Å². The predicted molar refractivity (Wildman–Crippen MR) is 96.4 cm³/mol. The first-order valence-electron chi connectivity index (χ1n) is 7.98. The number of anilines is 2. The summed E-state index contributed by atoms with van der Waals surface area (Å²) in [6.07, 6.45) is 3.43. The maximum absolute atomic E-state index is 12.0. The van der Waals surface area contributed by atoms with Crippen LogP contribution in [0.3, 0.4) is 0 Å². The molecule has 0 unspecified atom stereocenters. The summed E-state index contributed by atoms with van der Waals surface area (Å²) in [4.78, 5) is 20.6. The molecule has 1 aromatic carbocycles. The summed E-state index contributed by atoms with van der Waals surface area (Å²) in [7, 11) is 0. The zero-order valence-electron chi connectivity index (χ0n) is 13.8. The van der Waals surface area contributed by atoms with Gasteiger partial charge in [-0.1, -0.05) is 32.0 Å². The van der Waals surface area contributed by atoms with Gasteiger partial charge in [0.1, 0.15) is 5.69 Å². The molecular formula is C19H20N4O. The lowest BCUT2D eigenvalue weighted by atomic mass is 10.2. The van der Waals surface area contributed by atoms with E-state index in [4.69, 9.17) is 0 Å². The number of nitrogens with one attached hydrogen (secondary N) is 2. The number of fused-ring (bicyclic) bond motifs is 1. The number of hydrogen-bond donors (Lipinski definition) is 2. The van der Waals surface area contributed by atoms with Crippen molar-refractivity contribution in [2.45, 2.75) is 13.8 Å². The molecule has 5 nitrogen and oxygen atoms in total. The van der Waals surface area contributed by atoms with Gasteiger partial charge in [0.25, 0.3) is 5.91 Å². The van der Waals surface area contributed by atoms with E-state index in [1.807, 2.05) is 36.4 Å². The Hall–Kier alpha value is -2.95. The van der Waals surface area contributed by atoms with Crippen molar-refractivity contribution in [3.8, 4) is 0 Å². The molecule has 3 aromatic rings. The standard InChI is InChI=1S/C19H20N4O/c1-13(2)11-22-19(24)17-9-8-15(12-21-17)23-16-7-3-5-14-6-4-10-20-18(14)16/h3-10,12-13,23H,11H2,1-2H3,(H,22,24). The minimum absolute atomic E-state index is 0.151. The normalized spacial score (nSPS) is 10.8. The molecule has 0 fully saturated rings. The second-order valence-electron chi connectivity index (χ2n) is 6.04. The van der Waals surface area contributed by atoms with Crippen LogP contribution in [0.15, 0.2) is 54.9 Å². The molecular weight excluding hydrogens is 300 g/mol. The van der Waals surface area contributed by atoms with Crippen molar-refractivity contribution in [2.24, 2.45) is 5.92 Å². The maximum atomic E-state index is 12.0. The average molecular weight is 320 g/mol. The topological polar surface area (TPSA) is 66.9 Å². The molecule has 0 saturated carbocycles. The van der Waals surface area contributed by atoms with Crippen molar-refractivity contribution in [3.63, 3.8) is 0 Å². The van der Waals surface area contributed by atoms with Gasteiger partial charge >= 0.3 is 0 Å². The number of nitrogens with zero attached hydrogens (tertiary/aromatic N) is 2. The maximum Gasteiger partial charge on any atom is 0.269 e. The van der Waals surface area contributed by atoms with Gasteiger partial charge < -0.3 is 10.6 Å². The molecule has 0 aliphatic heterocycles. The van der Waals surface area contributed by atoms with Gasteiger partial charge in [0.2, 0.25) is 0 Å². The van der Waals surface area contributed by atoms with Gasteiger partial charge in [0.05, 0.1) is 23.1 Å². The van der Waals surface area contributed by atoms with E-state index in [9.17, 15) is 4.79 Å². The molecule has 5 heteroatoms. The summed E-state index contributed by atoms with van der Waals surface area (Å²) in [5.41, 5.74) is 3.04. The molecule has 0 atom stereocenters. The first-order valence-corrected chi connectivity index (χ1v) is 7.98. The minimum atomic E-state index is -0.151. The molecule has 3 rings (SSSR count). The fourth-order valence-electron chi connectivity index (χ4n) is 2.35. The summed E-state index contributed by atoms with van der Waals surface area (Å²) < 4.78 is 0. The highest BCUT2D eigenvalue weighted by atomic mass is 16.1. The van der Waals surface area contributed by atoms with Crippen LogP contribution in [0.4, 0.5) is 11.4 Å². The summed E-state index contributed by atoms with van der Waals surface area (Å²) in [6.45, 7) is 4.75. The second kappa shape index (κ2) is 7.08. The molecule has 2 heterocycles. The summed E-state index contributed by atoms with van der Waals surface area (Å²) in [6, 6.07) is 13.5. The van der Waals surface area contributed by atoms with Crippen molar-refractivity contribution in [1.82, 2.24) is 15.3 Å². The Bertz CT molecular complexity index is 838. The fraction of sp³-hybridized carbons (Fsp3) is 0.211. The van der Waals surface area contributed by atoms with Gasteiger partial charge in [0.15, 0.2) is 0 Å². The Balaban J connectivity index is 1.75. The molecule has 1 amide bonds. The van der Waals surface area contributed by atoms with Gasteiger partial charge in [-0.15, -0.1) is 0 Å². The number of hydrogen-bond acceptors (Lipinski definition) is 4. The number of carbonyl (C=O) groups excluding carboxylic acids is 1. The van der Waals surface area contributed by atoms with Crippen molar-refractivity contribution >= 4 is 28.2 Å². The molecule has 0 bridgehead atoms. The van der Waals surface area contributed by atoms with Crippen LogP contribution in [0.25, 0.3) is 10.9 Å². The molecule has 2 aromatic heterocycles. The Morgan fingerprint density at radius 1 is 1.08 bits per heavy atom. The molecule has 0 spiro atoms. The second-order valence-corrected chi connectivity index (χ2v) is 6.04. The Labute approximate surface area is 141 Å². The zero-order valence-corrected chi connectivity index (χ0v) is 13.8. The molecule has 0 radical (unpaired) electrons. The lowest BCUT2D eigenvalue weighted by Gasteiger charge is -2.10. The van der Waals surface area contributed by atoms with Crippen molar-refractivity contribution in [2.75, 3.05) is 11.9 Å². The minimum Gasteiger partial charge on any atom is -0.352 e. The number of para-hydroxylation sites is 1. The summed E-state index contributed by atoms with van der Waals surface area (Å²) in [5, 5.41) is 7.24. The molecule has 122 valence electrons. The van der Waals surface area contributed by atoms with Gasteiger partial charge in [-0.25, -0.2) is 4.98 Å². The number of aromatic nitrogens is 2. The summed E-state index contributed by atoms with van der Waals surface area (Å²) >= 11 is 0. The van der Waals surface area contributed by atoms with Gasteiger partial charge in [-0.05, 0) is 30.2 Å². The zero-order chi connectivity index (χ0) is 16.9. The Morgan fingerprint density at radius 2 is 1.92 bits per heavy atom. The third-order valence-corrected chi connectivity index (χ3v) is 3.58. The molecule has 0 aliphatic rings. The monoisotopic (exact) mass is 320 g/mol. The van der Waals surface area contributed by atoms with E-state index < -0.39 is 0 Å². The summed E-state index contributed by atoms with van der Waals surface area (Å²) in [5.74, 6) is 0.260. The Kier molecular flexibility index (Phi) is 4.70. The SMILES string of the molecule is CC(C)CNC(=O)c1ccc(Nc2cccc3cccnc23)cn1. The van der Waals surface area contributed by atoms with Crippen LogP contribution in [0, 0.1) is 5.92 Å². The smallest absolute Gasteiger partial charge is 0.269 e. The number of carbonyl (C=O) groups is 1. The third-order valence-electron chi connectivity index (χ3n) is 3.58. The van der Waals surface area contributed by atoms with Crippen LogP contribution in [0.5, 0.6) is 0 Å². The van der Waals surface area contributed by atoms with Gasteiger partial charge in [-0.2, -0.15) is 0 Å². The van der Waals surface area contributed by atoms with E-state index in [0.717, 1.165) is 22.3 Å². The highest BCUT2D eigenvalue weighted by Gasteiger charge is 2.08. The van der Waals surface area contributed by atoms with E-state index in [1.54, 1.807) is 18.5 Å². The first kappa shape index (κ1) is 15.9. The third kappa shape index (κ3) is 3.68. The largest absolute Gasteiger partial charge is 0.352 e. The van der Waals surface area contributed by atoms with Gasteiger partial charge in [0, 0.05) is 18.1 Å². The van der Waals surface area contributed by atoms with Crippen molar-refractivity contribution in [3.05, 3.63) is 60.6 Å². The van der Waals surface area contributed by atoms with Crippen LogP contribution >= 0.6 is 0 Å². The quantitative estimate of drug-likeness (QED) is 0.751. The first-order chi connectivity index (χ1) is 11.6. The van der Waals surface area contributed by atoms with E-state index >= 15 is 0 Å². The Morgan fingerprint density at radius 3 is 2.67 bits per heavy atom. The van der Waals surface area contributed by atoms with Crippen LogP contribution in [0.2, 0.25) is 0 Å². The number of benzene rings is 1. The van der Waals surface area contributed by atoms with Crippen LogP contribution in [0.1, 0.15) is 24.3 Å². The molecule has 0 aliphatic carbocycles. The van der Waals surface area contributed by atoms with E-state index in [0.29, 0.717) is 18.2 Å². The molecule has 2 N–H and O–H groups in total. The van der Waals surface area contributed by atoms with Crippen molar-refractivity contribution in [1.29, 1.82) is 0 Å². The van der Waals surface area contributed by atoms with E-state index in [2.05, 4.69) is 34.4 Å². The number of amides is 1. The predicted octanol–water partition coefficient (Wildman–Crippen LogP) is 3.76. The van der Waals surface area contributed by atoms with E-state index in [1.165, 1.54) is 0 Å². The van der Waals surface area contributed by atoms with Crippen LogP contribution < -0.4 is 10.6 Å². The van der Waals surface area contributed by atoms with Crippen LogP contribution in [-0.2, 0) is 0 Å². The van der Waals surface area contributed by atoms with Crippen molar-refractivity contribution < 1.29 is 4.79 Å². The number of rotatable bonds is 5. The average Bonchev–Trinajstić information content (AvgIpc) is 2.60. The highest BCUT2D eigenvalue weighted by Crippen LogP contribution is 2.24. The van der Waals surface area contributed by atoms with E-state index in [-0.39, 0.29) is 5.91 Å². The fourth-order valence-corrected chi connectivity index (χ4v) is 2.35. The number of pyridine rings is 2. The lowest BCUT2D eigenvalue weighted by Crippen LogP contribution is -2.27. The van der Waals surface area contributed by atoms with Gasteiger partial charge in [-0.3, -0.25) is 9.78 Å². The molecule has 24 heavy (non-hydrogen) atoms.